The van der Waals surface area contributed by atoms with Crippen LogP contribution in [0.5, 0.6) is 0 Å². The summed E-state index contributed by atoms with van der Waals surface area (Å²) in [5, 5.41) is 12.3. The third-order valence-electron chi connectivity index (χ3n) is 2.96. The van der Waals surface area contributed by atoms with Crippen molar-refractivity contribution in [2.45, 2.75) is 45.1 Å². The molecule has 96 valence electrons. The number of hydrogen-bond acceptors (Lipinski definition) is 3. The molecule has 1 heterocycles. The van der Waals surface area contributed by atoms with Crippen LogP contribution < -0.4 is 5.32 Å². The first-order valence-electron chi connectivity index (χ1n) is 6.42. The van der Waals surface area contributed by atoms with Gasteiger partial charge in [-0.1, -0.05) is 38.7 Å². The molecule has 0 radical (unpaired) electrons. The van der Waals surface area contributed by atoms with E-state index in [1.165, 1.54) is 25.7 Å². The van der Waals surface area contributed by atoms with Gasteiger partial charge in [0, 0.05) is 12.4 Å². The third-order valence-corrected chi connectivity index (χ3v) is 2.96. The molecule has 1 rings (SSSR count). The van der Waals surface area contributed by atoms with Crippen LogP contribution in [0.4, 0.5) is 0 Å². The Morgan fingerprint density at radius 3 is 2.82 bits per heavy atom. The Morgan fingerprint density at radius 1 is 1.35 bits per heavy atom. The number of unbranched alkanes of at least 4 members (excludes halogenated alkanes) is 4. The fourth-order valence-corrected chi connectivity index (χ4v) is 1.91. The second kappa shape index (κ2) is 8.01. The molecule has 2 N–H and O–H groups in total. The van der Waals surface area contributed by atoms with Gasteiger partial charge in [-0.15, -0.1) is 0 Å². The van der Waals surface area contributed by atoms with Crippen molar-refractivity contribution in [3.05, 3.63) is 12.3 Å². The second-order valence-corrected chi connectivity index (χ2v) is 4.40. The minimum Gasteiger partial charge on any atom is -0.481 e. The van der Waals surface area contributed by atoms with E-state index in [9.17, 15) is 4.79 Å². The Hall–Kier alpha value is -1.16. The number of carboxylic acids is 1. The average molecular weight is 238 g/mol. The second-order valence-electron chi connectivity index (χ2n) is 4.40. The quantitative estimate of drug-likeness (QED) is 0.637. The zero-order valence-electron chi connectivity index (χ0n) is 10.4. The number of carbonyl (C=O) groups is 1. The van der Waals surface area contributed by atoms with Gasteiger partial charge >= 0.3 is 5.97 Å². The van der Waals surface area contributed by atoms with Crippen molar-refractivity contribution in [2.75, 3.05) is 6.54 Å². The molecule has 0 saturated heterocycles. The summed E-state index contributed by atoms with van der Waals surface area (Å²) < 4.78 is 0. The molecule has 0 spiro atoms. The van der Waals surface area contributed by atoms with E-state index >= 15 is 0 Å². The Kier molecular flexibility index (Phi) is 6.55. The predicted molar refractivity (Wildman–Crippen MR) is 69.3 cm³/mol. The van der Waals surface area contributed by atoms with E-state index in [4.69, 9.17) is 5.11 Å². The zero-order valence-corrected chi connectivity index (χ0v) is 10.4. The maximum absolute atomic E-state index is 11.0. The summed E-state index contributed by atoms with van der Waals surface area (Å²) in [6.45, 7) is 3.05. The van der Waals surface area contributed by atoms with Crippen molar-refractivity contribution in [3.63, 3.8) is 0 Å². The summed E-state index contributed by atoms with van der Waals surface area (Å²) in [7, 11) is 0. The zero-order chi connectivity index (χ0) is 12.5. The fourth-order valence-electron chi connectivity index (χ4n) is 1.91. The average Bonchev–Trinajstić information content (AvgIpc) is 2.34. The summed E-state index contributed by atoms with van der Waals surface area (Å²) in [6, 6.07) is -0.163. The van der Waals surface area contributed by atoms with Crippen LogP contribution in [0.2, 0.25) is 0 Å². The third kappa shape index (κ3) is 5.13. The molecule has 0 amide bonds. The molecule has 0 aromatic rings. The van der Waals surface area contributed by atoms with Gasteiger partial charge in [0.1, 0.15) is 0 Å². The van der Waals surface area contributed by atoms with Crippen molar-refractivity contribution in [1.82, 2.24) is 5.32 Å². The fraction of sp³-hybridized carbons (Fsp3) is 0.692. The number of nitrogens with zero attached hydrogens (tertiary/aromatic N) is 1. The van der Waals surface area contributed by atoms with Crippen molar-refractivity contribution in [3.8, 4) is 0 Å². The van der Waals surface area contributed by atoms with Crippen LogP contribution in [0.3, 0.4) is 0 Å². The van der Waals surface area contributed by atoms with Crippen LogP contribution in [-0.4, -0.2) is 29.9 Å². The molecule has 4 nitrogen and oxygen atoms in total. The summed E-state index contributed by atoms with van der Waals surface area (Å²) in [6.07, 6.45) is 11.0. The first-order valence-corrected chi connectivity index (χ1v) is 6.42. The minimum absolute atomic E-state index is 0.163. The Labute approximate surface area is 103 Å². The van der Waals surface area contributed by atoms with E-state index < -0.39 is 11.9 Å². The molecule has 2 atom stereocenters. The van der Waals surface area contributed by atoms with Crippen LogP contribution in [0.15, 0.2) is 17.3 Å². The lowest BCUT2D eigenvalue weighted by Crippen LogP contribution is -2.41. The van der Waals surface area contributed by atoms with Crippen LogP contribution in [-0.2, 0) is 4.79 Å². The van der Waals surface area contributed by atoms with Crippen LogP contribution in [0.25, 0.3) is 0 Å². The SMILES string of the molecule is CCCCCCCNC1C=NC=CC1C(=O)O. The van der Waals surface area contributed by atoms with E-state index in [2.05, 4.69) is 17.2 Å². The lowest BCUT2D eigenvalue weighted by atomic mass is 9.99. The molecular formula is C13H22N2O2. The molecule has 4 heteroatoms. The number of nitrogens with one attached hydrogen (secondary N) is 1. The van der Waals surface area contributed by atoms with E-state index in [-0.39, 0.29) is 6.04 Å². The van der Waals surface area contributed by atoms with Crippen molar-refractivity contribution in [1.29, 1.82) is 0 Å². The van der Waals surface area contributed by atoms with Crippen molar-refractivity contribution < 1.29 is 9.90 Å². The highest BCUT2D eigenvalue weighted by molar-refractivity contribution is 5.81. The molecule has 0 bridgehead atoms. The molecule has 0 saturated carbocycles. The van der Waals surface area contributed by atoms with Gasteiger partial charge in [-0.25, -0.2) is 0 Å². The lowest BCUT2D eigenvalue weighted by Gasteiger charge is -2.20. The van der Waals surface area contributed by atoms with Crippen molar-refractivity contribution in [2.24, 2.45) is 10.9 Å². The maximum atomic E-state index is 11.0. The number of hydrogen-bond donors (Lipinski definition) is 2. The van der Waals surface area contributed by atoms with E-state index in [0.29, 0.717) is 0 Å². The van der Waals surface area contributed by atoms with Gasteiger partial charge < -0.3 is 10.4 Å². The van der Waals surface area contributed by atoms with Crippen LogP contribution in [0, 0.1) is 5.92 Å². The minimum atomic E-state index is -0.795. The molecule has 1 aliphatic heterocycles. The number of aliphatic carboxylic acids is 1. The number of carboxylic acid groups (broad SMARTS) is 1. The van der Waals surface area contributed by atoms with Crippen LogP contribution >= 0.6 is 0 Å². The van der Waals surface area contributed by atoms with Gasteiger partial charge in [0.2, 0.25) is 0 Å². The molecular weight excluding hydrogens is 216 g/mol. The molecule has 0 fully saturated rings. The van der Waals surface area contributed by atoms with Crippen molar-refractivity contribution >= 4 is 12.2 Å². The van der Waals surface area contributed by atoms with Gasteiger partial charge in [-0.2, -0.15) is 0 Å². The summed E-state index contributed by atoms with van der Waals surface area (Å²) in [5.74, 6) is -1.28. The van der Waals surface area contributed by atoms with E-state index in [1.54, 1.807) is 18.5 Å². The number of rotatable bonds is 8. The normalized spacial score (nSPS) is 22.9. The van der Waals surface area contributed by atoms with Gasteiger partial charge in [0.25, 0.3) is 0 Å². The van der Waals surface area contributed by atoms with Gasteiger partial charge in [-0.05, 0) is 13.0 Å². The van der Waals surface area contributed by atoms with E-state index in [1.807, 2.05) is 0 Å². The molecule has 17 heavy (non-hydrogen) atoms. The predicted octanol–water partition coefficient (Wildman–Crippen LogP) is 2.21. The first-order chi connectivity index (χ1) is 8.25. The topological polar surface area (TPSA) is 61.7 Å². The molecule has 2 unspecified atom stereocenters. The molecule has 0 aromatic carbocycles. The largest absolute Gasteiger partial charge is 0.481 e. The molecule has 1 aliphatic rings. The highest BCUT2D eigenvalue weighted by atomic mass is 16.4. The monoisotopic (exact) mass is 238 g/mol. The highest BCUT2D eigenvalue weighted by Crippen LogP contribution is 2.10. The standard InChI is InChI=1S/C13H22N2O2/c1-2-3-4-5-6-8-15-12-10-14-9-7-11(12)13(16)17/h7,9-12,15H,2-6,8H2,1H3,(H,16,17). The van der Waals surface area contributed by atoms with E-state index in [0.717, 1.165) is 13.0 Å². The Bertz CT molecular complexity index is 287. The smallest absolute Gasteiger partial charge is 0.312 e. The van der Waals surface area contributed by atoms with Crippen LogP contribution in [0.1, 0.15) is 39.0 Å². The summed E-state index contributed by atoms with van der Waals surface area (Å²) in [4.78, 5) is 15.0. The molecule has 0 aliphatic carbocycles. The van der Waals surface area contributed by atoms with Gasteiger partial charge in [0.05, 0.1) is 12.0 Å². The highest BCUT2D eigenvalue weighted by Gasteiger charge is 2.25. The molecule has 0 aromatic heterocycles. The Morgan fingerprint density at radius 2 is 2.12 bits per heavy atom. The maximum Gasteiger partial charge on any atom is 0.312 e. The van der Waals surface area contributed by atoms with Gasteiger partial charge in [-0.3, -0.25) is 9.79 Å². The Balaban J connectivity index is 2.19. The number of aliphatic imine (C=N–C) groups is 1. The summed E-state index contributed by atoms with van der Waals surface area (Å²) in [5.41, 5.74) is 0. The lowest BCUT2D eigenvalue weighted by molar-refractivity contribution is -0.140. The summed E-state index contributed by atoms with van der Waals surface area (Å²) >= 11 is 0. The first kappa shape index (κ1) is 13.9. The van der Waals surface area contributed by atoms with Gasteiger partial charge in [0.15, 0.2) is 0 Å².